The zero-order valence-electron chi connectivity index (χ0n) is 10.4. The summed E-state index contributed by atoms with van der Waals surface area (Å²) in [6.45, 7) is 0.766. The normalized spacial score (nSPS) is 18.8. The van der Waals surface area contributed by atoms with Crippen LogP contribution in [0.3, 0.4) is 0 Å². The first-order valence-corrected chi connectivity index (χ1v) is 6.83. The van der Waals surface area contributed by atoms with Gasteiger partial charge in [0.25, 0.3) is 0 Å². The molecule has 1 aromatic rings. The Morgan fingerprint density at radius 3 is 2.61 bits per heavy atom. The molecule has 0 heterocycles. The summed E-state index contributed by atoms with van der Waals surface area (Å²) in [5, 5.41) is 13.1. The average Bonchev–Trinajstić information content (AvgIpc) is 2.41. The molecule has 0 aromatic heterocycles. The molecule has 2 nitrogen and oxygen atoms in total. The van der Waals surface area contributed by atoms with Gasteiger partial charge in [0, 0.05) is 12.1 Å². The number of hydrogen-bond acceptors (Lipinski definition) is 2. The summed E-state index contributed by atoms with van der Waals surface area (Å²) in [4.78, 5) is 0. The molecule has 0 aliphatic heterocycles. The third-order valence-electron chi connectivity index (χ3n) is 3.76. The monoisotopic (exact) mass is 271 g/mol. The second kappa shape index (κ2) is 6.00. The fraction of sp³-hybridized carbons (Fsp3) is 0.571. The van der Waals surface area contributed by atoms with Gasteiger partial charge in [0.15, 0.2) is 0 Å². The average molecular weight is 272 g/mol. The second-order valence-electron chi connectivity index (χ2n) is 5.10. The molecule has 0 atom stereocenters. The summed E-state index contributed by atoms with van der Waals surface area (Å²) in [5.41, 5.74) is 0.777. The molecule has 1 fully saturated rings. The summed E-state index contributed by atoms with van der Waals surface area (Å²) in [5.74, 6) is -0.394. The van der Waals surface area contributed by atoms with E-state index in [2.05, 4.69) is 5.32 Å². The van der Waals surface area contributed by atoms with E-state index in [4.69, 9.17) is 11.6 Å². The molecule has 0 amide bonds. The molecule has 0 spiro atoms. The van der Waals surface area contributed by atoms with Gasteiger partial charge in [0.05, 0.1) is 11.6 Å². The highest BCUT2D eigenvalue weighted by Gasteiger charge is 2.30. The fourth-order valence-corrected chi connectivity index (χ4v) is 2.76. The second-order valence-corrected chi connectivity index (χ2v) is 5.51. The van der Waals surface area contributed by atoms with E-state index < -0.39 is 5.82 Å². The van der Waals surface area contributed by atoms with Crippen LogP contribution in [-0.2, 0) is 6.54 Å². The van der Waals surface area contributed by atoms with Gasteiger partial charge in [-0.15, -0.1) is 0 Å². The molecule has 1 saturated carbocycles. The molecule has 2 N–H and O–H groups in total. The van der Waals surface area contributed by atoms with E-state index in [1.807, 2.05) is 0 Å². The first-order chi connectivity index (χ1) is 8.65. The Balaban J connectivity index is 1.98. The number of benzene rings is 1. The number of nitrogens with one attached hydrogen (secondary N) is 1. The third kappa shape index (κ3) is 3.22. The van der Waals surface area contributed by atoms with Crippen molar-refractivity contribution in [3.8, 4) is 0 Å². The van der Waals surface area contributed by atoms with E-state index in [0.717, 1.165) is 31.2 Å². The Kier molecular flexibility index (Phi) is 4.60. The largest absolute Gasteiger partial charge is 0.394 e. The van der Waals surface area contributed by atoms with E-state index in [-0.39, 0.29) is 17.2 Å². The molecule has 1 aromatic carbocycles. The van der Waals surface area contributed by atoms with Crippen LogP contribution in [0.25, 0.3) is 0 Å². The Bertz CT molecular complexity index is 405. The summed E-state index contributed by atoms with van der Waals surface area (Å²) in [7, 11) is 0. The van der Waals surface area contributed by atoms with Crippen molar-refractivity contribution in [1.29, 1.82) is 0 Å². The van der Waals surface area contributed by atoms with Crippen LogP contribution in [0, 0.1) is 5.82 Å². The molecule has 1 aliphatic carbocycles. The van der Waals surface area contributed by atoms with E-state index in [0.29, 0.717) is 6.54 Å². The molecule has 4 heteroatoms. The molecule has 0 bridgehead atoms. The summed E-state index contributed by atoms with van der Waals surface area (Å²) >= 11 is 5.75. The molecular formula is C14H19ClFNO. The van der Waals surface area contributed by atoms with Crippen LogP contribution < -0.4 is 5.32 Å². The minimum absolute atomic E-state index is 0.149. The summed E-state index contributed by atoms with van der Waals surface area (Å²) < 4.78 is 13.0. The van der Waals surface area contributed by atoms with Crippen LogP contribution in [0.15, 0.2) is 18.2 Å². The van der Waals surface area contributed by atoms with Crippen molar-refractivity contribution >= 4 is 11.6 Å². The molecule has 18 heavy (non-hydrogen) atoms. The van der Waals surface area contributed by atoms with E-state index in [1.54, 1.807) is 12.1 Å². The van der Waals surface area contributed by atoms with Crippen LogP contribution in [0.5, 0.6) is 0 Å². The first-order valence-electron chi connectivity index (χ1n) is 6.45. The Morgan fingerprint density at radius 1 is 1.28 bits per heavy atom. The van der Waals surface area contributed by atoms with E-state index in [9.17, 15) is 9.50 Å². The van der Waals surface area contributed by atoms with Crippen LogP contribution >= 0.6 is 11.6 Å². The SMILES string of the molecule is OCC1(NCc2ccc(F)c(Cl)c2)CCCCC1. The van der Waals surface area contributed by atoms with Gasteiger partial charge < -0.3 is 10.4 Å². The van der Waals surface area contributed by atoms with Crippen molar-refractivity contribution in [3.63, 3.8) is 0 Å². The number of aliphatic hydroxyl groups excluding tert-OH is 1. The standard InChI is InChI=1S/C14H19ClFNO/c15-12-8-11(4-5-13(12)16)9-17-14(10-18)6-2-1-3-7-14/h4-5,8,17-18H,1-3,6-7,9-10H2. The predicted octanol–water partition coefficient (Wildman–Crippen LogP) is 3.26. The molecule has 100 valence electrons. The van der Waals surface area contributed by atoms with Gasteiger partial charge in [-0.2, -0.15) is 0 Å². The zero-order chi connectivity index (χ0) is 13.0. The lowest BCUT2D eigenvalue weighted by Gasteiger charge is -2.36. The summed E-state index contributed by atoms with van der Waals surface area (Å²) in [6.07, 6.45) is 5.54. The Hall–Kier alpha value is -0.640. The highest BCUT2D eigenvalue weighted by molar-refractivity contribution is 6.30. The first kappa shape index (κ1) is 13.8. The topological polar surface area (TPSA) is 32.3 Å². The van der Waals surface area contributed by atoms with Crippen LogP contribution in [-0.4, -0.2) is 17.3 Å². The highest BCUT2D eigenvalue weighted by atomic mass is 35.5. The Labute approximate surface area is 112 Å². The number of rotatable bonds is 4. The van der Waals surface area contributed by atoms with Crippen LogP contribution in [0.4, 0.5) is 4.39 Å². The molecule has 0 saturated heterocycles. The van der Waals surface area contributed by atoms with E-state index >= 15 is 0 Å². The predicted molar refractivity (Wildman–Crippen MR) is 71.2 cm³/mol. The van der Waals surface area contributed by atoms with Gasteiger partial charge in [0.2, 0.25) is 0 Å². The molecule has 1 aliphatic rings. The van der Waals surface area contributed by atoms with Gasteiger partial charge in [-0.1, -0.05) is 36.9 Å². The lowest BCUT2D eigenvalue weighted by atomic mass is 9.82. The van der Waals surface area contributed by atoms with Gasteiger partial charge >= 0.3 is 0 Å². The lowest BCUT2D eigenvalue weighted by Crippen LogP contribution is -2.49. The lowest BCUT2D eigenvalue weighted by molar-refractivity contribution is 0.119. The van der Waals surface area contributed by atoms with Crippen molar-refractivity contribution < 1.29 is 9.50 Å². The number of hydrogen-bond donors (Lipinski definition) is 2. The minimum Gasteiger partial charge on any atom is -0.394 e. The van der Waals surface area contributed by atoms with Gasteiger partial charge in [-0.3, -0.25) is 0 Å². The van der Waals surface area contributed by atoms with E-state index in [1.165, 1.54) is 12.5 Å². The highest BCUT2D eigenvalue weighted by Crippen LogP contribution is 2.28. The number of halogens is 2. The zero-order valence-corrected chi connectivity index (χ0v) is 11.1. The summed E-state index contributed by atoms with van der Waals surface area (Å²) in [6, 6.07) is 4.74. The van der Waals surface area contributed by atoms with Gasteiger partial charge in [-0.05, 0) is 30.5 Å². The van der Waals surface area contributed by atoms with Crippen LogP contribution in [0.1, 0.15) is 37.7 Å². The fourth-order valence-electron chi connectivity index (χ4n) is 2.56. The van der Waals surface area contributed by atoms with Gasteiger partial charge in [-0.25, -0.2) is 4.39 Å². The maximum absolute atomic E-state index is 13.0. The maximum atomic E-state index is 13.0. The molecule has 2 rings (SSSR count). The van der Waals surface area contributed by atoms with Crippen LogP contribution in [0.2, 0.25) is 5.02 Å². The van der Waals surface area contributed by atoms with Crippen molar-refractivity contribution in [3.05, 3.63) is 34.6 Å². The quantitative estimate of drug-likeness (QED) is 0.881. The van der Waals surface area contributed by atoms with Gasteiger partial charge in [0.1, 0.15) is 5.82 Å². The van der Waals surface area contributed by atoms with Crippen molar-refractivity contribution in [2.24, 2.45) is 0 Å². The number of aliphatic hydroxyl groups is 1. The maximum Gasteiger partial charge on any atom is 0.141 e. The van der Waals surface area contributed by atoms with Crippen molar-refractivity contribution in [2.45, 2.75) is 44.2 Å². The smallest absolute Gasteiger partial charge is 0.141 e. The molecule has 0 unspecified atom stereocenters. The third-order valence-corrected chi connectivity index (χ3v) is 4.05. The molecular weight excluding hydrogens is 253 g/mol. The Morgan fingerprint density at radius 2 is 2.00 bits per heavy atom. The molecule has 0 radical (unpaired) electrons. The van der Waals surface area contributed by atoms with Crippen molar-refractivity contribution in [2.75, 3.05) is 6.61 Å². The van der Waals surface area contributed by atoms with Crippen molar-refractivity contribution in [1.82, 2.24) is 5.32 Å². The minimum atomic E-state index is -0.394.